The molecule has 4 aromatic rings. The molecule has 0 aliphatic rings. The third kappa shape index (κ3) is 5.15. The largest absolute Gasteiger partial charge is 0.504 e. The Labute approximate surface area is 200 Å². The first-order chi connectivity index (χ1) is 15.6. The summed E-state index contributed by atoms with van der Waals surface area (Å²) in [5.41, 5.74) is 4.25. The van der Waals surface area contributed by atoms with Gasteiger partial charge in [-0.3, -0.25) is 4.98 Å². The molecule has 0 atom stereocenters. The summed E-state index contributed by atoms with van der Waals surface area (Å²) in [6, 6.07) is 18.1. The summed E-state index contributed by atoms with van der Waals surface area (Å²) in [5, 5.41) is 12.2. The zero-order valence-electron chi connectivity index (χ0n) is 19.0. The molecular weight excluding hydrogens is 438 g/mol. The Morgan fingerprint density at radius 3 is 2.12 bits per heavy atom. The Morgan fingerprint density at radius 2 is 1.48 bits per heavy atom. The smallest absolute Gasteiger partial charge is 0.167 e. The van der Waals surface area contributed by atoms with Crippen LogP contribution in [0.5, 0.6) is 23.0 Å². The van der Waals surface area contributed by atoms with Gasteiger partial charge in [-0.05, 0) is 53.6 Å². The molecule has 5 nitrogen and oxygen atoms in total. The summed E-state index contributed by atoms with van der Waals surface area (Å²) >= 11 is 0. The van der Waals surface area contributed by atoms with E-state index in [-0.39, 0.29) is 18.2 Å². The Balaban J connectivity index is 0.00000306. The van der Waals surface area contributed by atoms with Gasteiger partial charge in [0.05, 0.1) is 20.8 Å². The van der Waals surface area contributed by atoms with Crippen molar-refractivity contribution in [1.82, 2.24) is 4.98 Å². The second-order valence-electron chi connectivity index (χ2n) is 7.56. The van der Waals surface area contributed by atoms with E-state index in [2.05, 4.69) is 17.1 Å². The van der Waals surface area contributed by atoms with Gasteiger partial charge in [-0.15, -0.1) is 12.4 Å². The lowest BCUT2D eigenvalue weighted by Crippen LogP contribution is -2.01. The second-order valence-corrected chi connectivity index (χ2v) is 7.56. The Hall–Kier alpha value is -3.44. The van der Waals surface area contributed by atoms with Crippen molar-refractivity contribution >= 4 is 23.2 Å². The number of hydrogen-bond donors (Lipinski definition) is 1. The van der Waals surface area contributed by atoms with Crippen molar-refractivity contribution < 1.29 is 19.3 Å². The maximum Gasteiger partial charge on any atom is 0.167 e. The highest BCUT2D eigenvalue weighted by Gasteiger charge is 2.16. The zero-order chi connectivity index (χ0) is 22.5. The predicted molar refractivity (Wildman–Crippen MR) is 133 cm³/mol. The number of fused-ring (bicyclic) bond motifs is 1. The van der Waals surface area contributed by atoms with Gasteiger partial charge < -0.3 is 19.3 Å². The third-order valence-corrected chi connectivity index (χ3v) is 5.55. The van der Waals surface area contributed by atoms with E-state index < -0.39 is 0 Å². The molecule has 0 aliphatic carbocycles. The van der Waals surface area contributed by atoms with Gasteiger partial charge in [0, 0.05) is 29.8 Å². The average molecular weight is 466 g/mol. The number of nitrogens with zero attached hydrogens (tertiary/aromatic N) is 1. The number of halogens is 1. The average Bonchev–Trinajstić information content (AvgIpc) is 2.82. The first-order valence-corrected chi connectivity index (χ1v) is 10.6. The van der Waals surface area contributed by atoms with Crippen LogP contribution in [0.1, 0.15) is 29.2 Å². The SMILES string of the molecule is CCOc1ccc2c(Cc3cc(OC)c(Cc4ccccc4)c(OC)c3)cncc2c1O.Cl. The van der Waals surface area contributed by atoms with Gasteiger partial charge in [0.25, 0.3) is 0 Å². The summed E-state index contributed by atoms with van der Waals surface area (Å²) in [4.78, 5) is 4.35. The van der Waals surface area contributed by atoms with E-state index in [1.54, 1.807) is 26.5 Å². The van der Waals surface area contributed by atoms with Crippen LogP contribution in [-0.4, -0.2) is 30.9 Å². The van der Waals surface area contributed by atoms with E-state index in [1.165, 1.54) is 5.56 Å². The lowest BCUT2D eigenvalue weighted by molar-refractivity contribution is 0.320. The van der Waals surface area contributed by atoms with Crippen LogP contribution in [0, 0.1) is 0 Å². The number of phenolic OH excluding ortho intramolecular Hbond substituents is 1. The van der Waals surface area contributed by atoms with Crippen LogP contribution in [0.2, 0.25) is 0 Å². The highest BCUT2D eigenvalue weighted by molar-refractivity contribution is 5.92. The van der Waals surface area contributed by atoms with Gasteiger partial charge in [0.2, 0.25) is 0 Å². The number of pyridine rings is 1. The molecule has 0 bridgehead atoms. The Bertz CT molecular complexity index is 1200. The molecule has 0 saturated carbocycles. The van der Waals surface area contributed by atoms with Crippen LogP contribution in [0.3, 0.4) is 0 Å². The molecule has 0 radical (unpaired) electrons. The van der Waals surface area contributed by atoms with Gasteiger partial charge in [-0.25, -0.2) is 0 Å². The van der Waals surface area contributed by atoms with Gasteiger partial charge >= 0.3 is 0 Å². The predicted octanol–water partition coefficient (Wildman–Crippen LogP) is 5.96. The van der Waals surface area contributed by atoms with Crippen molar-refractivity contribution in [3.8, 4) is 23.0 Å². The highest BCUT2D eigenvalue weighted by atomic mass is 35.5. The van der Waals surface area contributed by atoms with Gasteiger partial charge in [0.15, 0.2) is 11.5 Å². The summed E-state index contributed by atoms with van der Waals surface area (Å²) in [6.07, 6.45) is 4.84. The quantitative estimate of drug-likeness (QED) is 0.348. The normalized spacial score (nSPS) is 10.5. The number of benzene rings is 3. The van der Waals surface area contributed by atoms with Crippen molar-refractivity contribution in [2.24, 2.45) is 0 Å². The number of rotatable bonds is 8. The highest BCUT2D eigenvalue weighted by Crippen LogP contribution is 2.37. The minimum atomic E-state index is 0. The fraction of sp³-hybridized carbons (Fsp3) is 0.222. The number of aromatic hydroxyl groups is 1. The molecule has 1 aromatic heterocycles. The number of methoxy groups -OCH3 is 2. The fourth-order valence-electron chi connectivity index (χ4n) is 4.02. The topological polar surface area (TPSA) is 60.8 Å². The molecule has 1 heterocycles. The lowest BCUT2D eigenvalue weighted by Gasteiger charge is -2.16. The maximum absolute atomic E-state index is 10.6. The third-order valence-electron chi connectivity index (χ3n) is 5.55. The van der Waals surface area contributed by atoms with Gasteiger partial charge in [0.1, 0.15) is 11.5 Å². The molecule has 0 unspecified atom stereocenters. The van der Waals surface area contributed by atoms with Crippen LogP contribution in [-0.2, 0) is 12.8 Å². The van der Waals surface area contributed by atoms with Crippen molar-refractivity contribution in [2.45, 2.75) is 19.8 Å². The molecular formula is C27H28ClNO4. The first kappa shape index (κ1) is 24.2. The molecule has 0 aliphatic heterocycles. The summed E-state index contributed by atoms with van der Waals surface area (Å²) in [6.45, 7) is 2.38. The van der Waals surface area contributed by atoms with Crippen LogP contribution >= 0.6 is 12.4 Å². The second kappa shape index (κ2) is 10.9. The van der Waals surface area contributed by atoms with E-state index in [0.717, 1.165) is 40.0 Å². The first-order valence-electron chi connectivity index (χ1n) is 10.6. The van der Waals surface area contributed by atoms with E-state index in [0.29, 0.717) is 24.2 Å². The molecule has 33 heavy (non-hydrogen) atoms. The van der Waals surface area contributed by atoms with Crippen molar-refractivity contribution in [1.29, 1.82) is 0 Å². The lowest BCUT2D eigenvalue weighted by atomic mass is 9.96. The number of hydrogen-bond acceptors (Lipinski definition) is 5. The number of aromatic nitrogens is 1. The van der Waals surface area contributed by atoms with Gasteiger partial charge in [-0.1, -0.05) is 36.4 Å². The molecule has 3 aromatic carbocycles. The number of phenols is 1. The summed E-state index contributed by atoms with van der Waals surface area (Å²) < 4.78 is 17.0. The van der Waals surface area contributed by atoms with Crippen LogP contribution in [0.25, 0.3) is 10.8 Å². The molecule has 172 valence electrons. The van der Waals surface area contributed by atoms with Crippen molar-refractivity contribution in [3.05, 3.63) is 89.2 Å². The minimum Gasteiger partial charge on any atom is -0.504 e. The standard InChI is InChI=1S/C27H27NO4.ClH/c1-4-32-24-11-10-21-20(16-28-17-23(21)27(24)29)12-19-14-25(30-2)22(26(15-19)31-3)13-18-8-6-5-7-9-18;/h5-11,14-17,29H,4,12-13H2,1-3H3;1H. The van der Waals surface area contributed by atoms with E-state index >= 15 is 0 Å². The number of ether oxygens (including phenoxy) is 3. The Morgan fingerprint density at radius 1 is 0.788 bits per heavy atom. The molecule has 4 rings (SSSR count). The van der Waals surface area contributed by atoms with Crippen molar-refractivity contribution in [2.75, 3.05) is 20.8 Å². The monoisotopic (exact) mass is 465 g/mol. The maximum atomic E-state index is 10.6. The summed E-state index contributed by atoms with van der Waals surface area (Å²) in [5.74, 6) is 2.16. The fourth-order valence-corrected chi connectivity index (χ4v) is 4.02. The van der Waals surface area contributed by atoms with Crippen molar-refractivity contribution in [3.63, 3.8) is 0 Å². The van der Waals surface area contributed by atoms with Crippen LogP contribution < -0.4 is 14.2 Å². The molecule has 0 amide bonds. The van der Waals surface area contributed by atoms with E-state index in [1.807, 2.05) is 49.5 Å². The molecule has 0 spiro atoms. The van der Waals surface area contributed by atoms with Gasteiger partial charge in [-0.2, -0.15) is 0 Å². The van der Waals surface area contributed by atoms with E-state index in [9.17, 15) is 5.11 Å². The molecule has 1 N–H and O–H groups in total. The summed E-state index contributed by atoms with van der Waals surface area (Å²) in [7, 11) is 3.36. The van der Waals surface area contributed by atoms with Crippen LogP contribution in [0.4, 0.5) is 0 Å². The Kier molecular flexibility index (Phi) is 8.01. The molecule has 0 fully saturated rings. The molecule has 0 saturated heterocycles. The zero-order valence-corrected chi connectivity index (χ0v) is 19.8. The van der Waals surface area contributed by atoms with Crippen LogP contribution in [0.15, 0.2) is 67.0 Å². The van der Waals surface area contributed by atoms with E-state index in [4.69, 9.17) is 14.2 Å². The minimum absolute atomic E-state index is 0. The molecule has 6 heteroatoms.